The van der Waals surface area contributed by atoms with Gasteiger partial charge in [0.15, 0.2) is 0 Å². The van der Waals surface area contributed by atoms with Crippen LogP contribution in [-0.4, -0.2) is 28.8 Å². The van der Waals surface area contributed by atoms with Crippen molar-refractivity contribution < 1.29 is 22.7 Å². The second kappa shape index (κ2) is 7.85. The van der Waals surface area contributed by atoms with Gasteiger partial charge in [-0.2, -0.15) is 5.10 Å². The van der Waals surface area contributed by atoms with E-state index in [-0.39, 0.29) is 5.91 Å². The van der Waals surface area contributed by atoms with Crippen LogP contribution in [-0.2, 0) is 16.0 Å². The van der Waals surface area contributed by atoms with Crippen molar-refractivity contribution in [2.75, 3.05) is 18.1 Å². The molecule has 1 aromatic heterocycles. The molecule has 0 saturated carbocycles. The maximum atomic E-state index is 14.2. The van der Waals surface area contributed by atoms with Crippen LogP contribution in [0.15, 0.2) is 48.8 Å². The Morgan fingerprint density at radius 1 is 1.10 bits per heavy atom. The Morgan fingerprint density at radius 3 is 2.77 bits per heavy atom. The maximum absolute atomic E-state index is 14.2. The third kappa shape index (κ3) is 3.50. The minimum Gasteiger partial charge on any atom is -0.373 e. The van der Waals surface area contributed by atoms with E-state index in [0.717, 1.165) is 6.07 Å². The van der Waals surface area contributed by atoms with Crippen molar-refractivity contribution in [3.63, 3.8) is 0 Å². The number of anilines is 1. The third-order valence-electron chi connectivity index (χ3n) is 5.94. The van der Waals surface area contributed by atoms with E-state index in [0.29, 0.717) is 54.9 Å². The Labute approximate surface area is 177 Å². The third-order valence-corrected chi connectivity index (χ3v) is 5.94. The number of para-hydroxylation sites is 1. The number of amides is 1. The van der Waals surface area contributed by atoms with Gasteiger partial charge in [0.25, 0.3) is 0 Å². The molecule has 1 amide bonds. The average Bonchev–Trinajstić information content (AvgIpc) is 3.43. The lowest BCUT2D eigenvalue weighted by molar-refractivity contribution is -0.124. The number of fused-ring (bicyclic) bond motifs is 1. The number of benzene rings is 2. The molecular weight excluding hydrogens is 407 g/mol. The molecule has 2 aliphatic heterocycles. The van der Waals surface area contributed by atoms with Gasteiger partial charge >= 0.3 is 0 Å². The lowest BCUT2D eigenvalue weighted by Gasteiger charge is -2.32. The van der Waals surface area contributed by atoms with Crippen molar-refractivity contribution in [2.24, 2.45) is 5.92 Å². The molecule has 0 bridgehead atoms. The zero-order valence-electron chi connectivity index (χ0n) is 16.6. The smallest absolute Gasteiger partial charge is 0.233 e. The summed E-state index contributed by atoms with van der Waals surface area (Å²) in [6.45, 7) is 0.774. The van der Waals surface area contributed by atoms with Crippen molar-refractivity contribution in [3.05, 3.63) is 77.4 Å². The Bertz CT molecular complexity index is 1150. The molecule has 1 saturated heterocycles. The van der Waals surface area contributed by atoms with Gasteiger partial charge in [0, 0.05) is 36.5 Å². The van der Waals surface area contributed by atoms with Crippen LogP contribution in [0.25, 0.3) is 5.69 Å². The number of hydrogen-bond donors (Lipinski definition) is 0. The van der Waals surface area contributed by atoms with Crippen LogP contribution >= 0.6 is 0 Å². The summed E-state index contributed by atoms with van der Waals surface area (Å²) in [5.41, 5.74) is 1.61. The van der Waals surface area contributed by atoms with Gasteiger partial charge in [0.05, 0.1) is 23.9 Å². The van der Waals surface area contributed by atoms with E-state index < -0.39 is 29.5 Å². The molecule has 0 aliphatic carbocycles. The van der Waals surface area contributed by atoms with E-state index in [2.05, 4.69) is 5.10 Å². The van der Waals surface area contributed by atoms with Gasteiger partial charge in [-0.25, -0.2) is 17.9 Å². The predicted octanol–water partition coefficient (Wildman–Crippen LogP) is 4.35. The zero-order valence-corrected chi connectivity index (χ0v) is 16.6. The standard InChI is InChI=1S/C23H20F3N3O2/c24-15-10-19(26)16-4-3-8-28(21(16)11-15)23(30)17-7-9-31-22(17)14-12-27-29(13-14)20-6-2-1-5-18(20)25/h1-2,5-6,10-13,17,22H,3-4,7-9H2. The van der Waals surface area contributed by atoms with E-state index in [1.54, 1.807) is 30.6 Å². The number of nitrogens with zero attached hydrogens (tertiary/aromatic N) is 3. The molecule has 31 heavy (non-hydrogen) atoms. The van der Waals surface area contributed by atoms with Gasteiger partial charge in [-0.3, -0.25) is 4.79 Å². The van der Waals surface area contributed by atoms with Crippen LogP contribution in [0.1, 0.15) is 30.1 Å². The Kier molecular flexibility index (Phi) is 5.02. The quantitative estimate of drug-likeness (QED) is 0.625. The zero-order chi connectivity index (χ0) is 21.5. The molecular formula is C23H20F3N3O2. The number of halogens is 3. The van der Waals surface area contributed by atoms with E-state index >= 15 is 0 Å². The van der Waals surface area contributed by atoms with E-state index in [1.807, 2.05) is 0 Å². The number of ether oxygens (including phenoxy) is 1. The topological polar surface area (TPSA) is 47.4 Å². The van der Waals surface area contributed by atoms with Crippen molar-refractivity contribution in [1.82, 2.24) is 9.78 Å². The summed E-state index contributed by atoms with van der Waals surface area (Å²) in [7, 11) is 0. The molecule has 5 nitrogen and oxygen atoms in total. The SMILES string of the molecule is O=C(C1CCOC1c1cnn(-c2ccccc2F)c1)N1CCCc2c(F)cc(F)cc21. The first-order valence-electron chi connectivity index (χ1n) is 10.2. The molecule has 0 spiro atoms. The summed E-state index contributed by atoms with van der Waals surface area (Å²) >= 11 is 0. The highest BCUT2D eigenvalue weighted by Crippen LogP contribution is 2.39. The predicted molar refractivity (Wildman–Crippen MR) is 107 cm³/mol. The van der Waals surface area contributed by atoms with Crippen LogP contribution in [0.4, 0.5) is 18.9 Å². The first kappa shape index (κ1) is 19.8. The number of aromatic nitrogens is 2. The maximum Gasteiger partial charge on any atom is 0.233 e. The summed E-state index contributed by atoms with van der Waals surface area (Å²) in [5, 5.41) is 4.23. The van der Waals surface area contributed by atoms with Gasteiger partial charge in [0.2, 0.25) is 5.91 Å². The molecule has 3 aromatic rings. The second-order valence-electron chi connectivity index (χ2n) is 7.83. The van der Waals surface area contributed by atoms with E-state index in [1.165, 1.54) is 21.7 Å². The lowest BCUT2D eigenvalue weighted by atomic mass is 9.93. The highest BCUT2D eigenvalue weighted by atomic mass is 19.1. The molecule has 3 heterocycles. The lowest BCUT2D eigenvalue weighted by Crippen LogP contribution is -2.41. The first-order valence-corrected chi connectivity index (χ1v) is 10.2. The van der Waals surface area contributed by atoms with Gasteiger partial charge in [0.1, 0.15) is 23.1 Å². The van der Waals surface area contributed by atoms with E-state index in [4.69, 9.17) is 4.74 Å². The fraction of sp³-hybridized carbons (Fsp3) is 0.304. The first-order chi connectivity index (χ1) is 15.0. The molecule has 2 atom stereocenters. The van der Waals surface area contributed by atoms with Crippen LogP contribution < -0.4 is 4.90 Å². The number of carbonyl (C=O) groups is 1. The van der Waals surface area contributed by atoms with Gasteiger partial charge in [-0.15, -0.1) is 0 Å². The minimum atomic E-state index is -0.707. The molecule has 0 N–H and O–H groups in total. The summed E-state index contributed by atoms with van der Waals surface area (Å²) in [6.07, 6.45) is 4.20. The Balaban J connectivity index is 1.44. The summed E-state index contributed by atoms with van der Waals surface area (Å²) < 4.78 is 49.5. The second-order valence-corrected chi connectivity index (χ2v) is 7.83. The monoisotopic (exact) mass is 427 g/mol. The average molecular weight is 427 g/mol. The van der Waals surface area contributed by atoms with Crippen LogP contribution in [0, 0.1) is 23.4 Å². The van der Waals surface area contributed by atoms with Crippen molar-refractivity contribution >= 4 is 11.6 Å². The summed E-state index contributed by atoms with van der Waals surface area (Å²) in [5.74, 6) is -2.49. The molecule has 1 fully saturated rings. The molecule has 2 aliphatic rings. The van der Waals surface area contributed by atoms with Gasteiger partial charge < -0.3 is 9.64 Å². The Morgan fingerprint density at radius 2 is 1.94 bits per heavy atom. The van der Waals surface area contributed by atoms with Gasteiger partial charge in [-0.1, -0.05) is 12.1 Å². The van der Waals surface area contributed by atoms with Crippen molar-refractivity contribution in [2.45, 2.75) is 25.4 Å². The fourth-order valence-electron chi connectivity index (χ4n) is 4.47. The van der Waals surface area contributed by atoms with Gasteiger partial charge in [-0.05, 0) is 37.5 Å². The van der Waals surface area contributed by atoms with Crippen molar-refractivity contribution in [3.8, 4) is 5.69 Å². The van der Waals surface area contributed by atoms with Crippen molar-refractivity contribution in [1.29, 1.82) is 0 Å². The largest absolute Gasteiger partial charge is 0.373 e. The highest BCUT2D eigenvalue weighted by molar-refractivity contribution is 5.96. The molecule has 2 aromatic carbocycles. The normalized spacial score (nSPS) is 20.7. The number of hydrogen-bond acceptors (Lipinski definition) is 3. The van der Waals surface area contributed by atoms with Crippen LogP contribution in [0.2, 0.25) is 0 Å². The molecule has 2 unspecified atom stereocenters. The van der Waals surface area contributed by atoms with E-state index in [9.17, 15) is 18.0 Å². The number of carbonyl (C=O) groups excluding carboxylic acids is 1. The summed E-state index contributed by atoms with van der Waals surface area (Å²) in [6, 6.07) is 8.34. The fourth-order valence-corrected chi connectivity index (χ4v) is 4.47. The van der Waals surface area contributed by atoms with Crippen LogP contribution in [0.5, 0.6) is 0 Å². The Hall–Kier alpha value is -3.13. The molecule has 160 valence electrons. The molecule has 0 radical (unpaired) electrons. The van der Waals surface area contributed by atoms with Crippen LogP contribution in [0.3, 0.4) is 0 Å². The highest BCUT2D eigenvalue weighted by Gasteiger charge is 2.40. The number of rotatable bonds is 3. The minimum absolute atomic E-state index is 0.230. The summed E-state index contributed by atoms with van der Waals surface area (Å²) in [4.78, 5) is 14.9. The molecule has 5 rings (SSSR count). The molecule has 8 heteroatoms.